The summed E-state index contributed by atoms with van der Waals surface area (Å²) in [6.07, 6.45) is 4.53. The fraction of sp³-hybridized carbons (Fsp3) is 0.212. The number of nitrogens with zero attached hydrogens (tertiary/aromatic N) is 2. The summed E-state index contributed by atoms with van der Waals surface area (Å²) in [6.45, 7) is 20.5. The van der Waals surface area contributed by atoms with Crippen LogP contribution in [0.2, 0.25) is 0 Å². The first-order chi connectivity index (χ1) is 18.7. The smallest absolute Gasteiger partial charge is 0.550 e. The van der Waals surface area contributed by atoms with Crippen LogP contribution in [0.15, 0.2) is 37.4 Å². The summed E-state index contributed by atoms with van der Waals surface area (Å²) >= 11 is 0. The number of carboxylic acid groups (broad SMARTS) is 1. The Morgan fingerprint density at radius 3 is 1.76 bits per heavy atom. The van der Waals surface area contributed by atoms with Gasteiger partial charge in [0, 0.05) is 39.2 Å². The number of H-pyrrole nitrogens is 2. The number of aromatic nitrogens is 4. The van der Waals surface area contributed by atoms with E-state index in [1.54, 1.807) is 0 Å². The van der Waals surface area contributed by atoms with Crippen molar-refractivity contribution < 1.29 is 69.0 Å². The molecule has 8 heteroatoms. The zero-order chi connectivity index (χ0) is 28.0. The van der Waals surface area contributed by atoms with E-state index in [0.717, 1.165) is 83.7 Å². The third-order valence-corrected chi connectivity index (χ3v) is 7.87. The second-order valence-electron chi connectivity index (χ2n) is 10.1. The summed E-state index contributed by atoms with van der Waals surface area (Å²) in [5.74, 6) is -1.09. The van der Waals surface area contributed by atoms with Crippen molar-refractivity contribution in [1.29, 1.82) is 0 Å². The van der Waals surface area contributed by atoms with Gasteiger partial charge in [0.1, 0.15) is 0 Å². The van der Waals surface area contributed by atoms with Crippen molar-refractivity contribution >= 4 is 62.5 Å². The van der Waals surface area contributed by atoms with E-state index in [1.165, 1.54) is 0 Å². The molecule has 0 saturated carbocycles. The Morgan fingerprint density at radius 1 is 0.780 bits per heavy atom. The molecule has 5 heterocycles. The number of rotatable bonds is 6. The maximum Gasteiger partial charge on any atom is 1.00 e. The molecular formula is C33H32N4Na2O2. The second-order valence-corrected chi connectivity index (χ2v) is 10.1. The van der Waals surface area contributed by atoms with E-state index in [2.05, 4.69) is 63.0 Å². The molecule has 0 amide bonds. The number of nitrogens with one attached hydrogen (secondary N) is 2. The molecule has 0 radical (unpaired) electrons. The van der Waals surface area contributed by atoms with Crippen LogP contribution in [0, 0.1) is 20.8 Å². The van der Waals surface area contributed by atoms with Gasteiger partial charge in [0.2, 0.25) is 0 Å². The monoisotopic (exact) mass is 562 g/mol. The van der Waals surface area contributed by atoms with Crippen LogP contribution in [0.5, 0.6) is 0 Å². The zero-order valence-corrected chi connectivity index (χ0v) is 28.9. The first kappa shape index (κ1) is 33.1. The molecule has 5 rings (SSSR count). The maximum atomic E-state index is 11.4. The molecule has 198 valence electrons. The van der Waals surface area contributed by atoms with E-state index < -0.39 is 5.97 Å². The van der Waals surface area contributed by atoms with Gasteiger partial charge in [0.25, 0.3) is 0 Å². The SMILES string of the molecule is C=Cc1c(C)c2cc3[nH]c(cc4nc(cc5nc(cc1[nH]2)C(C)=C5CCC(=O)[O-])C(C[CH2-])=C4C)c(C)c3C=C.[Na+].[Na+]. The summed E-state index contributed by atoms with van der Waals surface area (Å²) in [4.78, 5) is 28.4. The van der Waals surface area contributed by atoms with Gasteiger partial charge < -0.3 is 26.8 Å². The maximum absolute atomic E-state index is 11.4. The van der Waals surface area contributed by atoms with Gasteiger partial charge in [0.15, 0.2) is 0 Å². The number of fused-ring (bicyclic) bond motifs is 8. The number of allylic oxidation sites excluding steroid dienone is 4. The van der Waals surface area contributed by atoms with Crippen LogP contribution in [-0.2, 0) is 4.79 Å². The summed E-state index contributed by atoms with van der Waals surface area (Å²) in [7, 11) is 0. The fourth-order valence-corrected chi connectivity index (χ4v) is 5.53. The molecule has 41 heavy (non-hydrogen) atoms. The van der Waals surface area contributed by atoms with Gasteiger partial charge in [-0.1, -0.05) is 25.3 Å². The minimum absolute atomic E-state index is 0. The summed E-state index contributed by atoms with van der Waals surface area (Å²) in [5, 5.41) is 11.4. The van der Waals surface area contributed by atoms with Crippen LogP contribution < -0.4 is 64.2 Å². The molecule has 6 nitrogen and oxygen atoms in total. The molecule has 0 aromatic carbocycles. The molecule has 0 aliphatic carbocycles. The van der Waals surface area contributed by atoms with E-state index in [1.807, 2.05) is 31.2 Å². The molecular weight excluding hydrogens is 530 g/mol. The largest absolute Gasteiger partial charge is 1.00 e. The van der Waals surface area contributed by atoms with Crippen LogP contribution >= 0.6 is 0 Å². The number of aromatic amines is 2. The Hall–Kier alpha value is -2.45. The van der Waals surface area contributed by atoms with Crippen molar-refractivity contribution in [3.8, 4) is 0 Å². The Bertz CT molecular complexity index is 1810. The molecule has 0 atom stereocenters. The number of aliphatic carboxylic acids is 1. The molecule has 2 N–H and O–H groups in total. The number of carbonyl (C=O) groups is 1. The van der Waals surface area contributed by atoms with E-state index >= 15 is 0 Å². The zero-order valence-electron chi connectivity index (χ0n) is 24.9. The van der Waals surface area contributed by atoms with Crippen LogP contribution in [-0.4, -0.2) is 25.9 Å². The normalized spacial score (nSPS) is 12.6. The fourth-order valence-electron chi connectivity index (χ4n) is 5.53. The van der Waals surface area contributed by atoms with E-state index in [-0.39, 0.29) is 65.5 Å². The molecule has 2 aliphatic rings. The van der Waals surface area contributed by atoms with Crippen molar-refractivity contribution in [3.05, 3.63) is 89.4 Å². The third kappa shape index (κ3) is 6.05. The standard InChI is InChI=1S/C33H33N4O2.2Na/c1-8-21-17(4)25-13-26-18(5)23(10-3)31(35-26)16-32-24(11-12-33(38)39)20(7)28(37-32)15-30-22(9-2)19(6)27(36-30)14-29(21)34-25;;/h8-9,13-16,34,36H,1-3,10-12H2,4-7H3,(H,38,39);;/q-1;2*+1/p-1. The van der Waals surface area contributed by atoms with E-state index in [0.29, 0.717) is 18.5 Å². The van der Waals surface area contributed by atoms with Gasteiger partial charge in [-0.15, -0.1) is 0 Å². The molecule has 3 aromatic heterocycles. The minimum Gasteiger partial charge on any atom is -0.550 e. The first-order valence-corrected chi connectivity index (χ1v) is 13.1. The predicted molar refractivity (Wildman–Crippen MR) is 160 cm³/mol. The van der Waals surface area contributed by atoms with E-state index in [9.17, 15) is 9.90 Å². The van der Waals surface area contributed by atoms with Gasteiger partial charge in [-0.2, -0.15) is 6.42 Å². The van der Waals surface area contributed by atoms with Crippen molar-refractivity contribution in [3.63, 3.8) is 0 Å². The van der Waals surface area contributed by atoms with Crippen molar-refractivity contribution in [1.82, 2.24) is 19.9 Å². The Kier molecular flexibility index (Phi) is 10.7. The average Bonchev–Trinajstić information content (AvgIpc) is 3.55. The quantitative estimate of drug-likeness (QED) is 0.344. The second kappa shape index (κ2) is 13.2. The average molecular weight is 563 g/mol. The summed E-state index contributed by atoms with van der Waals surface area (Å²) < 4.78 is 0. The number of aryl methyl sites for hydroxylation is 2. The first-order valence-electron chi connectivity index (χ1n) is 13.1. The number of hydrogen-bond acceptors (Lipinski definition) is 4. The van der Waals surface area contributed by atoms with Crippen molar-refractivity contribution in [2.45, 2.75) is 47.0 Å². The molecule has 0 saturated heterocycles. The van der Waals surface area contributed by atoms with Crippen molar-refractivity contribution in [2.24, 2.45) is 0 Å². The molecule has 8 bridgehead atoms. The van der Waals surface area contributed by atoms with Gasteiger partial charge in [0.05, 0.1) is 22.8 Å². The van der Waals surface area contributed by atoms with Gasteiger partial charge in [-0.3, -0.25) is 0 Å². The predicted octanol–water partition coefficient (Wildman–Crippen LogP) is 0.841. The third-order valence-electron chi connectivity index (χ3n) is 7.87. The van der Waals surface area contributed by atoms with Crippen LogP contribution in [0.3, 0.4) is 0 Å². The van der Waals surface area contributed by atoms with Gasteiger partial charge in [-0.25, -0.2) is 9.97 Å². The Labute approximate surface area is 285 Å². The molecule has 3 aromatic rings. The summed E-state index contributed by atoms with van der Waals surface area (Å²) in [5.41, 5.74) is 15.0. The van der Waals surface area contributed by atoms with Crippen LogP contribution in [0.4, 0.5) is 0 Å². The molecule has 0 unspecified atom stereocenters. The van der Waals surface area contributed by atoms with Gasteiger partial charge >= 0.3 is 59.1 Å². The number of carbonyl (C=O) groups excluding carboxylic acids is 1. The topological polar surface area (TPSA) is 97.5 Å². The van der Waals surface area contributed by atoms with Crippen LogP contribution in [0.25, 0.3) is 56.5 Å². The Morgan fingerprint density at radius 2 is 1.24 bits per heavy atom. The number of hydrogen-bond donors (Lipinski definition) is 2. The summed E-state index contributed by atoms with van der Waals surface area (Å²) in [6, 6.07) is 8.13. The van der Waals surface area contributed by atoms with Crippen LogP contribution in [0.1, 0.15) is 78.1 Å². The molecule has 0 spiro atoms. The Balaban J connectivity index is 0.00000231. The molecule has 0 fully saturated rings. The van der Waals surface area contributed by atoms with Gasteiger partial charge in [-0.05, 0) is 98.2 Å². The van der Waals surface area contributed by atoms with Crippen molar-refractivity contribution in [2.75, 3.05) is 0 Å². The number of carboxylic acids is 1. The minimum atomic E-state index is -1.09. The molecule has 2 aliphatic heterocycles. The van der Waals surface area contributed by atoms with E-state index in [4.69, 9.17) is 9.97 Å².